The van der Waals surface area contributed by atoms with Crippen molar-refractivity contribution >= 4 is 17.7 Å². The number of carbonyl (C=O) groups is 1. The average molecular weight is 507 g/mol. The fourth-order valence-electron chi connectivity index (χ4n) is 4.02. The molecule has 0 spiro atoms. The standard InChI is InChI=1S/C28H31FN4O2S/c1-35-25-12-6-5-9-22(25)19-30-27(34)14-8-7-13-26-31-32-28(33(26)24-10-3-2-4-11-24)36-20-21-15-17-23(29)18-16-21/h2-6,9-12,15,17H,7-8,13-14,16,18-20H2,1H3,(H,30,34). The molecule has 1 aliphatic carbocycles. The Hall–Kier alpha value is -3.39. The van der Waals surface area contributed by atoms with Crippen LogP contribution in [0.15, 0.2) is 83.3 Å². The van der Waals surface area contributed by atoms with E-state index in [1.54, 1.807) is 24.9 Å². The predicted molar refractivity (Wildman–Crippen MR) is 141 cm³/mol. The summed E-state index contributed by atoms with van der Waals surface area (Å²) in [4.78, 5) is 12.4. The molecular formula is C28H31FN4O2S. The molecule has 4 rings (SSSR count). The molecule has 188 valence electrons. The van der Waals surface area contributed by atoms with Gasteiger partial charge in [-0.25, -0.2) is 4.39 Å². The monoisotopic (exact) mass is 506 g/mol. The van der Waals surface area contributed by atoms with Crippen LogP contribution in [0, 0.1) is 0 Å². The van der Waals surface area contributed by atoms with E-state index in [1.807, 2.05) is 60.7 Å². The Morgan fingerprint density at radius 3 is 2.64 bits per heavy atom. The number of allylic oxidation sites excluding steroid dienone is 3. The smallest absolute Gasteiger partial charge is 0.220 e. The molecule has 0 radical (unpaired) electrons. The van der Waals surface area contributed by atoms with Gasteiger partial charge in [0.25, 0.3) is 0 Å². The van der Waals surface area contributed by atoms with Gasteiger partial charge < -0.3 is 10.1 Å². The first kappa shape index (κ1) is 25.7. The van der Waals surface area contributed by atoms with Gasteiger partial charge in [-0.05, 0) is 43.5 Å². The molecule has 1 amide bonds. The summed E-state index contributed by atoms with van der Waals surface area (Å²) in [6.45, 7) is 0.449. The highest BCUT2D eigenvalue weighted by Gasteiger charge is 2.16. The third kappa shape index (κ3) is 7.07. The SMILES string of the molecule is COc1ccccc1CNC(=O)CCCCc1nnc(SCC2=CC=C(F)CC2)n1-c1ccccc1. The van der Waals surface area contributed by atoms with Crippen LogP contribution >= 0.6 is 11.8 Å². The van der Waals surface area contributed by atoms with E-state index in [0.29, 0.717) is 19.4 Å². The van der Waals surface area contributed by atoms with Crippen LogP contribution in [-0.4, -0.2) is 33.5 Å². The Balaban J connectivity index is 1.32. The van der Waals surface area contributed by atoms with Gasteiger partial charge in [-0.15, -0.1) is 10.2 Å². The van der Waals surface area contributed by atoms with Crippen molar-refractivity contribution in [2.24, 2.45) is 0 Å². The van der Waals surface area contributed by atoms with Gasteiger partial charge in [0.15, 0.2) is 5.16 Å². The van der Waals surface area contributed by atoms with Crippen LogP contribution in [0.2, 0.25) is 0 Å². The van der Waals surface area contributed by atoms with E-state index >= 15 is 0 Å². The van der Waals surface area contributed by atoms with Crippen molar-refractivity contribution in [1.29, 1.82) is 0 Å². The molecule has 0 saturated heterocycles. The Labute approximate surface area is 215 Å². The minimum absolute atomic E-state index is 0.0212. The summed E-state index contributed by atoms with van der Waals surface area (Å²) in [6, 6.07) is 17.7. The molecule has 0 bridgehead atoms. The number of methoxy groups -OCH3 is 1. The minimum atomic E-state index is -0.0630. The molecule has 6 nitrogen and oxygen atoms in total. The molecule has 3 aromatic rings. The summed E-state index contributed by atoms with van der Waals surface area (Å²) in [5.41, 5.74) is 3.17. The van der Waals surface area contributed by atoms with Crippen LogP contribution in [0.3, 0.4) is 0 Å². The van der Waals surface area contributed by atoms with E-state index in [0.717, 1.165) is 59.4 Å². The van der Waals surface area contributed by atoms with E-state index in [4.69, 9.17) is 4.74 Å². The van der Waals surface area contributed by atoms with Crippen molar-refractivity contribution in [2.45, 2.75) is 50.2 Å². The van der Waals surface area contributed by atoms with Gasteiger partial charge in [0, 0.05) is 42.8 Å². The fraction of sp³-hybridized carbons (Fsp3) is 0.321. The van der Waals surface area contributed by atoms with Crippen molar-refractivity contribution in [3.63, 3.8) is 0 Å². The first-order valence-corrected chi connectivity index (χ1v) is 13.2. The molecule has 0 saturated carbocycles. The van der Waals surface area contributed by atoms with Gasteiger partial charge in [-0.2, -0.15) is 0 Å². The number of hydrogen-bond acceptors (Lipinski definition) is 5. The largest absolute Gasteiger partial charge is 0.496 e. The molecule has 0 fully saturated rings. The number of ether oxygens (including phenoxy) is 1. The molecule has 1 heterocycles. The first-order chi connectivity index (χ1) is 17.6. The normalized spacial score (nSPS) is 13.2. The number of aryl methyl sites for hydroxylation is 1. The molecule has 1 aromatic heterocycles. The minimum Gasteiger partial charge on any atom is -0.496 e. The van der Waals surface area contributed by atoms with Crippen LogP contribution in [0.5, 0.6) is 5.75 Å². The third-order valence-corrected chi connectivity index (χ3v) is 7.05. The number of nitrogens with one attached hydrogen (secondary N) is 1. The lowest BCUT2D eigenvalue weighted by molar-refractivity contribution is -0.121. The van der Waals surface area contributed by atoms with Crippen LogP contribution in [0.25, 0.3) is 5.69 Å². The highest BCUT2D eigenvalue weighted by Crippen LogP contribution is 2.28. The van der Waals surface area contributed by atoms with Crippen LogP contribution < -0.4 is 10.1 Å². The Bertz CT molecular complexity index is 1220. The average Bonchev–Trinajstić information content (AvgIpc) is 3.33. The van der Waals surface area contributed by atoms with Gasteiger partial charge in [0.2, 0.25) is 5.91 Å². The predicted octanol–water partition coefficient (Wildman–Crippen LogP) is 5.97. The van der Waals surface area contributed by atoms with Gasteiger partial charge in [0.05, 0.1) is 7.11 Å². The molecule has 36 heavy (non-hydrogen) atoms. The van der Waals surface area contributed by atoms with Crippen LogP contribution in [-0.2, 0) is 17.8 Å². The van der Waals surface area contributed by atoms with Gasteiger partial charge in [-0.1, -0.05) is 59.8 Å². The third-order valence-electron chi connectivity index (χ3n) is 6.01. The van der Waals surface area contributed by atoms with E-state index in [-0.39, 0.29) is 11.7 Å². The topological polar surface area (TPSA) is 69.0 Å². The maximum Gasteiger partial charge on any atom is 0.220 e. The van der Waals surface area contributed by atoms with Crippen LogP contribution in [0.1, 0.15) is 43.5 Å². The maximum atomic E-state index is 13.3. The van der Waals surface area contributed by atoms with Gasteiger partial charge >= 0.3 is 0 Å². The molecule has 8 heteroatoms. The Morgan fingerprint density at radius 1 is 1.06 bits per heavy atom. The van der Waals surface area contributed by atoms with Gasteiger partial charge in [0.1, 0.15) is 17.4 Å². The lowest BCUT2D eigenvalue weighted by atomic mass is 10.1. The number of hydrogen-bond donors (Lipinski definition) is 1. The van der Waals surface area contributed by atoms with Crippen molar-refractivity contribution < 1.29 is 13.9 Å². The molecule has 1 N–H and O–H groups in total. The second-order valence-corrected chi connectivity index (χ2v) is 9.54. The van der Waals surface area contributed by atoms with E-state index in [1.165, 1.54) is 5.57 Å². The van der Waals surface area contributed by atoms with Gasteiger partial charge in [-0.3, -0.25) is 9.36 Å². The summed E-state index contributed by atoms with van der Waals surface area (Å²) in [6.07, 6.45) is 7.39. The number of thioether (sulfide) groups is 1. The van der Waals surface area contributed by atoms with Crippen molar-refractivity contribution in [3.8, 4) is 11.4 Å². The zero-order chi connectivity index (χ0) is 25.2. The quantitative estimate of drug-likeness (QED) is 0.242. The zero-order valence-electron chi connectivity index (χ0n) is 20.5. The molecule has 0 aliphatic heterocycles. The number of rotatable bonds is 12. The molecular weight excluding hydrogens is 475 g/mol. The van der Waals surface area contributed by atoms with Crippen molar-refractivity contribution in [1.82, 2.24) is 20.1 Å². The highest BCUT2D eigenvalue weighted by molar-refractivity contribution is 7.99. The van der Waals surface area contributed by atoms with Crippen LogP contribution in [0.4, 0.5) is 4.39 Å². The van der Waals surface area contributed by atoms with Crippen molar-refractivity contribution in [2.75, 3.05) is 12.9 Å². The number of para-hydroxylation sites is 2. The van der Waals surface area contributed by atoms with E-state index in [2.05, 4.69) is 20.1 Å². The van der Waals surface area contributed by atoms with E-state index < -0.39 is 0 Å². The van der Waals surface area contributed by atoms with Crippen molar-refractivity contribution in [3.05, 3.63) is 89.5 Å². The number of benzene rings is 2. The maximum absolute atomic E-state index is 13.3. The van der Waals surface area contributed by atoms with E-state index in [9.17, 15) is 9.18 Å². The summed E-state index contributed by atoms with van der Waals surface area (Å²) in [7, 11) is 1.63. The number of amides is 1. The molecule has 1 aliphatic rings. The first-order valence-electron chi connectivity index (χ1n) is 12.2. The highest BCUT2D eigenvalue weighted by atomic mass is 32.2. The summed E-state index contributed by atoms with van der Waals surface area (Å²) in [5.74, 6) is 2.36. The Kier molecular flexibility index (Phi) is 9.33. The zero-order valence-corrected chi connectivity index (χ0v) is 21.3. The number of halogens is 1. The number of aromatic nitrogens is 3. The molecule has 0 atom stereocenters. The summed E-state index contributed by atoms with van der Waals surface area (Å²) < 4.78 is 20.7. The summed E-state index contributed by atoms with van der Waals surface area (Å²) >= 11 is 1.62. The number of unbranched alkanes of at least 4 members (excludes halogenated alkanes) is 1. The molecule has 2 aromatic carbocycles. The molecule has 0 unspecified atom stereocenters. The summed E-state index contributed by atoms with van der Waals surface area (Å²) in [5, 5.41) is 12.7. The lowest BCUT2D eigenvalue weighted by Gasteiger charge is -2.12. The lowest BCUT2D eigenvalue weighted by Crippen LogP contribution is -2.22. The number of nitrogens with zero attached hydrogens (tertiary/aromatic N) is 3. The second kappa shape index (κ2) is 13.1. The Morgan fingerprint density at radius 2 is 1.86 bits per heavy atom. The second-order valence-electron chi connectivity index (χ2n) is 8.59. The number of carbonyl (C=O) groups excluding carboxylic acids is 1. The fourth-order valence-corrected chi connectivity index (χ4v) is 5.02.